The van der Waals surface area contributed by atoms with E-state index in [9.17, 15) is 23.1 Å². The molecule has 1 heterocycles. The Morgan fingerprint density at radius 3 is 2.60 bits per heavy atom. The molecule has 0 aliphatic rings. The number of aryl methyl sites for hydroxylation is 1. The lowest BCUT2D eigenvalue weighted by Gasteiger charge is -2.12. The molecule has 0 radical (unpaired) electrons. The summed E-state index contributed by atoms with van der Waals surface area (Å²) < 4.78 is 35.4. The molecule has 182 valence electrons. The normalized spacial score (nSPS) is 12.3. The third-order valence-corrected chi connectivity index (χ3v) is 6.35. The van der Waals surface area contributed by atoms with Gasteiger partial charge in [0, 0.05) is 37.5 Å². The summed E-state index contributed by atoms with van der Waals surface area (Å²) in [6, 6.07) is 9.59. The van der Waals surface area contributed by atoms with Crippen LogP contribution in [0.2, 0.25) is 0 Å². The van der Waals surface area contributed by atoms with Crippen LogP contribution in [0.5, 0.6) is 5.75 Å². The summed E-state index contributed by atoms with van der Waals surface area (Å²) in [5, 5.41) is 5.20. The van der Waals surface area contributed by atoms with Gasteiger partial charge in [0.15, 0.2) is 5.75 Å². The zero-order chi connectivity index (χ0) is 25.8. The van der Waals surface area contributed by atoms with E-state index in [1.807, 2.05) is 0 Å². The van der Waals surface area contributed by atoms with E-state index in [1.165, 1.54) is 20.2 Å². The Hall–Kier alpha value is -4.14. The SMILES string of the molecule is C#Cc1cc2c(C)c(Cc3cccc(N[S+](=O)(O)CC(=O)NC)c3)c(=O)oc2cc1OC(=O)NC. The summed E-state index contributed by atoms with van der Waals surface area (Å²) >= 11 is 0. The van der Waals surface area contributed by atoms with Crippen molar-refractivity contribution in [3.63, 3.8) is 0 Å². The Morgan fingerprint density at radius 1 is 1.20 bits per heavy atom. The lowest BCUT2D eigenvalue weighted by molar-refractivity contribution is -0.118. The highest BCUT2D eigenvalue weighted by Crippen LogP contribution is 2.29. The number of amides is 2. The van der Waals surface area contributed by atoms with E-state index < -0.39 is 33.8 Å². The minimum atomic E-state index is -3.65. The average Bonchev–Trinajstić information content (AvgIpc) is 2.80. The molecule has 3 rings (SSSR count). The van der Waals surface area contributed by atoms with Gasteiger partial charge in [0.2, 0.25) is 5.75 Å². The van der Waals surface area contributed by atoms with Crippen LogP contribution in [0.3, 0.4) is 0 Å². The first kappa shape index (κ1) is 25.5. The second-order valence-corrected chi connectivity index (χ2v) is 9.33. The van der Waals surface area contributed by atoms with Crippen molar-refractivity contribution in [1.82, 2.24) is 10.6 Å². The minimum Gasteiger partial charge on any atom is -0.422 e. The van der Waals surface area contributed by atoms with Crippen LogP contribution in [0.25, 0.3) is 11.0 Å². The van der Waals surface area contributed by atoms with Crippen LogP contribution in [0.15, 0.2) is 45.6 Å². The summed E-state index contributed by atoms with van der Waals surface area (Å²) in [5.41, 5.74) is 1.90. The number of hydrogen-bond acceptors (Lipinski definition) is 6. The van der Waals surface area contributed by atoms with Gasteiger partial charge >= 0.3 is 22.1 Å². The Labute approximate surface area is 202 Å². The van der Waals surface area contributed by atoms with E-state index in [0.29, 0.717) is 33.3 Å². The molecule has 0 aliphatic heterocycles. The maximum Gasteiger partial charge on any atom is 0.412 e. The molecule has 0 fully saturated rings. The fourth-order valence-corrected chi connectivity index (χ4v) is 4.45. The van der Waals surface area contributed by atoms with Crippen molar-refractivity contribution in [2.45, 2.75) is 13.3 Å². The van der Waals surface area contributed by atoms with Crippen LogP contribution in [-0.2, 0) is 25.8 Å². The van der Waals surface area contributed by atoms with Gasteiger partial charge in [-0.1, -0.05) is 18.1 Å². The highest BCUT2D eigenvalue weighted by Gasteiger charge is 2.29. The van der Waals surface area contributed by atoms with Crippen molar-refractivity contribution in [2.75, 3.05) is 24.6 Å². The van der Waals surface area contributed by atoms with Gasteiger partial charge < -0.3 is 19.8 Å². The summed E-state index contributed by atoms with van der Waals surface area (Å²) in [4.78, 5) is 35.9. The lowest BCUT2D eigenvalue weighted by atomic mass is 9.98. The van der Waals surface area contributed by atoms with Gasteiger partial charge in [0.1, 0.15) is 5.58 Å². The molecule has 2 aromatic carbocycles. The molecule has 0 saturated heterocycles. The predicted molar refractivity (Wildman–Crippen MR) is 133 cm³/mol. The summed E-state index contributed by atoms with van der Waals surface area (Å²) in [6.07, 6.45) is 5.03. The number of rotatable bonds is 7. The fraction of sp³-hybridized carbons (Fsp3) is 0.208. The molecule has 0 bridgehead atoms. The zero-order valence-electron chi connectivity index (χ0n) is 19.3. The van der Waals surface area contributed by atoms with Crippen molar-refractivity contribution in [1.29, 1.82) is 0 Å². The monoisotopic (exact) mass is 498 g/mol. The molecule has 1 atom stereocenters. The molecule has 10 nitrogen and oxygen atoms in total. The van der Waals surface area contributed by atoms with Crippen LogP contribution in [0.4, 0.5) is 10.5 Å². The number of anilines is 1. The van der Waals surface area contributed by atoms with Gasteiger partial charge in [0.25, 0.3) is 5.91 Å². The molecule has 1 aromatic heterocycles. The zero-order valence-corrected chi connectivity index (χ0v) is 20.1. The molecule has 4 N–H and O–H groups in total. The molecule has 0 saturated carbocycles. The van der Waals surface area contributed by atoms with E-state index in [1.54, 1.807) is 37.3 Å². The van der Waals surface area contributed by atoms with Crippen LogP contribution in [0.1, 0.15) is 22.3 Å². The topological polar surface area (TPSA) is 147 Å². The molecular formula is C24H24N3O7S+. The number of ether oxygens (including phenoxy) is 1. The Kier molecular flexibility index (Phi) is 7.58. The molecule has 35 heavy (non-hydrogen) atoms. The first-order valence-corrected chi connectivity index (χ1v) is 12.0. The third-order valence-electron chi connectivity index (χ3n) is 5.14. The van der Waals surface area contributed by atoms with E-state index in [0.717, 1.165) is 0 Å². The number of terminal acetylenes is 1. The second-order valence-electron chi connectivity index (χ2n) is 7.56. The van der Waals surface area contributed by atoms with Gasteiger partial charge in [-0.2, -0.15) is 9.27 Å². The van der Waals surface area contributed by atoms with Crippen molar-refractivity contribution in [3.8, 4) is 18.1 Å². The van der Waals surface area contributed by atoms with Crippen molar-refractivity contribution in [3.05, 3.63) is 69.1 Å². The number of carbonyl (C=O) groups excluding carboxylic acids is 2. The standard InChI is InChI=1S/C24H23N3O7S/c1-5-16-11-18-14(2)19(23(29)33-21(18)12-20(16)34-24(30)26-4)10-15-7-6-8-17(9-15)27-35(31,32)13-22(28)25-3/h1,6-9,11-12H,10,13H2,2-4H3,(H3-,25,26,27,28,30,31,32)/p+1. The van der Waals surface area contributed by atoms with Gasteiger partial charge in [0.05, 0.1) is 11.3 Å². The minimum absolute atomic E-state index is 0.0813. The predicted octanol–water partition coefficient (Wildman–Crippen LogP) is 2.44. The highest BCUT2D eigenvalue weighted by atomic mass is 32.3. The van der Waals surface area contributed by atoms with Gasteiger partial charge in [-0.3, -0.25) is 4.79 Å². The molecule has 1 unspecified atom stereocenters. The maximum atomic E-state index is 12.8. The Bertz CT molecular complexity index is 1460. The van der Waals surface area contributed by atoms with E-state index >= 15 is 0 Å². The number of fused-ring (bicyclic) bond motifs is 1. The maximum absolute atomic E-state index is 12.8. The first-order valence-electron chi connectivity index (χ1n) is 10.3. The number of nitrogens with one attached hydrogen (secondary N) is 3. The first-order chi connectivity index (χ1) is 16.6. The van der Waals surface area contributed by atoms with E-state index in [4.69, 9.17) is 15.6 Å². The van der Waals surface area contributed by atoms with E-state index in [2.05, 4.69) is 21.3 Å². The quantitative estimate of drug-likeness (QED) is 0.222. The van der Waals surface area contributed by atoms with Gasteiger partial charge in [-0.25, -0.2) is 9.59 Å². The molecule has 2 amide bonds. The lowest BCUT2D eigenvalue weighted by Crippen LogP contribution is -2.34. The Morgan fingerprint density at radius 2 is 1.94 bits per heavy atom. The van der Waals surface area contributed by atoms with Gasteiger partial charge in [-0.05, 0) is 40.5 Å². The van der Waals surface area contributed by atoms with E-state index in [-0.39, 0.29) is 17.8 Å². The third kappa shape index (κ3) is 6.06. The summed E-state index contributed by atoms with van der Waals surface area (Å²) in [6.45, 7) is 1.75. The summed E-state index contributed by atoms with van der Waals surface area (Å²) in [7, 11) is -0.878. The Balaban J connectivity index is 1.96. The van der Waals surface area contributed by atoms with Crippen LogP contribution in [-0.4, -0.2) is 36.4 Å². The van der Waals surface area contributed by atoms with Crippen molar-refractivity contribution >= 4 is 39.1 Å². The smallest absolute Gasteiger partial charge is 0.412 e. The van der Waals surface area contributed by atoms with Crippen LogP contribution >= 0.6 is 0 Å². The number of carbonyl (C=O) groups is 2. The fourth-order valence-electron chi connectivity index (χ4n) is 3.39. The molecular weight excluding hydrogens is 474 g/mol. The van der Waals surface area contributed by atoms with Crippen LogP contribution < -0.4 is 25.7 Å². The number of hydrogen-bond donors (Lipinski definition) is 4. The van der Waals surface area contributed by atoms with Crippen LogP contribution in [0, 0.1) is 19.3 Å². The molecule has 0 aliphatic carbocycles. The van der Waals surface area contributed by atoms with Crippen molar-refractivity contribution < 1.29 is 27.5 Å². The average molecular weight is 499 g/mol. The molecule has 11 heteroatoms. The number of benzene rings is 2. The highest BCUT2D eigenvalue weighted by molar-refractivity contribution is 7.99. The molecule has 3 aromatic rings. The largest absolute Gasteiger partial charge is 0.422 e. The molecule has 0 spiro atoms. The van der Waals surface area contributed by atoms with Gasteiger partial charge in [-0.15, -0.1) is 6.42 Å². The summed E-state index contributed by atoms with van der Waals surface area (Å²) in [5.74, 6) is 1.35. The second kappa shape index (κ2) is 10.4. The van der Waals surface area contributed by atoms with Crippen molar-refractivity contribution in [2.24, 2.45) is 0 Å².